The Morgan fingerprint density at radius 3 is 2.68 bits per heavy atom. The number of hydrogen-bond acceptors (Lipinski definition) is 2. The van der Waals surface area contributed by atoms with Crippen LogP contribution in [0.3, 0.4) is 0 Å². The lowest BCUT2D eigenvalue weighted by molar-refractivity contribution is 0.0512. The van der Waals surface area contributed by atoms with E-state index >= 15 is 0 Å². The largest absolute Gasteiger partial charge is 0.461 e. The van der Waals surface area contributed by atoms with Gasteiger partial charge in [0.2, 0.25) is 0 Å². The Morgan fingerprint density at radius 2 is 2.05 bits per heavy atom. The fourth-order valence-electron chi connectivity index (χ4n) is 2.03. The van der Waals surface area contributed by atoms with Gasteiger partial charge in [-0.05, 0) is 41.4 Å². The zero-order chi connectivity index (χ0) is 13.8. The summed E-state index contributed by atoms with van der Waals surface area (Å²) in [6, 6.07) is 11.9. The van der Waals surface area contributed by atoms with E-state index in [4.69, 9.17) is 4.74 Å². The number of nitrogens with zero attached hydrogens (tertiary/aromatic N) is 1. The van der Waals surface area contributed by atoms with Gasteiger partial charge in [-0.25, -0.2) is 4.79 Å². The number of hydrogen-bond donors (Lipinski definition) is 0. The van der Waals surface area contributed by atoms with Crippen molar-refractivity contribution in [2.24, 2.45) is 0 Å². The van der Waals surface area contributed by atoms with Gasteiger partial charge in [0, 0.05) is 10.7 Å². The molecule has 0 saturated heterocycles. The van der Waals surface area contributed by atoms with Gasteiger partial charge in [0.05, 0.1) is 12.6 Å². The van der Waals surface area contributed by atoms with Gasteiger partial charge in [-0.2, -0.15) is 0 Å². The van der Waals surface area contributed by atoms with Crippen LogP contribution in [-0.4, -0.2) is 17.1 Å². The van der Waals surface area contributed by atoms with Crippen molar-refractivity contribution in [1.82, 2.24) is 4.57 Å². The normalized spacial score (nSPS) is 12.2. The number of benzene rings is 1. The molecular weight excluding hydrogens is 306 g/mol. The number of rotatable bonds is 4. The molecule has 0 saturated carbocycles. The molecule has 0 aliphatic heterocycles. The minimum Gasteiger partial charge on any atom is -0.461 e. The number of carbonyl (C=O) groups is 1. The monoisotopic (exact) mass is 321 g/mol. The fraction of sp³-hybridized carbons (Fsp3) is 0.267. The maximum atomic E-state index is 12.0. The lowest BCUT2D eigenvalue weighted by atomic mass is 10.1. The van der Waals surface area contributed by atoms with Crippen LogP contribution in [-0.2, 0) is 4.74 Å². The van der Waals surface area contributed by atoms with Crippen molar-refractivity contribution in [3.63, 3.8) is 0 Å². The highest BCUT2D eigenvalue weighted by Gasteiger charge is 2.18. The molecule has 0 bridgehead atoms. The number of carbonyl (C=O) groups excluding carboxylic acids is 1. The molecule has 1 atom stereocenters. The highest BCUT2D eigenvalue weighted by Crippen LogP contribution is 2.24. The first-order chi connectivity index (χ1) is 9.13. The SMILES string of the molecule is CCOC(=O)c1cc(Br)cn1C(C)c1ccccc1. The predicted molar refractivity (Wildman–Crippen MR) is 78.3 cm³/mol. The molecule has 4 heteroatoms. The first-order valence-corrected chi connectivity index (χ1v) is 7.02. The number of esters is 1. The van der Waals surface area contributed by atoms with Crippen molar-refractivity contribution in [3.8, 4) is 0 Å². The summed E-state index contributed by atoms with van der Waals surface area (Å²) in [5.74, 6) is -0.295. The van der Waals surface area contributed by atoms with Crippen molar-refractivity contribution in [3.05, 3.63) is 58.3 Å². The van der Waals surface area contributed by atoms with E-state index in [-0.39, 0.29) is 12.0 Å². The third kappa shape index (κ3) is 3.07. The Kier molecular flexibility index (Phi) is 4.43. The van der Waals surface area contributed by atoms with Crippen LogP contribution in [0.2, 0.25) is 0 Å². The van der Waals surface area contributed by atoms with Crippen LogP contribution >= 0.6 is 15.9 Å². The van der Waals surface area contributed by atoms with Gasteiger partial charge in [0.15, 0.2) is 0 Å². The number of halogens is 1. The van der Waals surface area contributed by atoms with Gasteiger partial charge < -0.3 is 9.30 Å². The molecule has 3 nitrogen and oxygen atoms in total. The van der Waals surface area contributed by atoms with E-state index in [1.807, 2.05) is 41.1 Å². The number of aromatic nitrogens is 1. The predicted octanol–water partition coefficient (Wildman–Crippen LogP) is 4.04. The smallest absolute Gasteiger partial charge is 0.354 e. The Balaban J connectivity index is 2.37. The van der Waals surface area contributed by atoms with Gasteiger partial charge in [-0.3, -0.25) is 0 Å². The average molecular weight is 322 g/mol. The molecule has 0 spiro atoms. The number of ether oxygens (including phenoxy) is 1. The molecule has 2 rings (SSSR count). The van der Waals surface area contributed by atoms with Gasteiger partial charge in [-0.1, -0.05) is 30.3 Å². The molecule has 0 amide bonds. The summed E-state index contributed by atoms with van der Waals surface area (Å²) in [5.41, 5.74) is 1.71. The molecule has 19 heavy (non-hydrogen) atoms. The maximum absolute atomic E-state index is 12.0. The average Bonchev–Trinajstić information content (AvgIpc) is 2.81. The first-order valence-electron chi connectivity index (χ1n) is 6.23. The van der Waals surface area contributed by atoms with Crippen molar-refractivity contribution >= 4 is 21.9 Å². The van der Waals surface area contributed by atoms with Crippen LogP contribution in [0.4, 0.5) is 0 Å². The molecule has 1 heterocycles. The lowest BCUT2D eigenvalue weighted by Crippen LogP contribution is -2.15. The Bertz CT molecular complexity index is 563. The molecule has 0 N–H and O–H groups in total. The summed E-state index contributed by atoms with van der Waals surface area (Å²) in [4.78, 5) is 12.0. The summed E-state index contributed by atoms with van der Waals surface area (Å²) in [6.07, 6.45) is 1.91. The molecule has 1 unspecified atom stereocenters. The molecule has 0 aliphatic carbocycles. The van der Waals surface area contributed by atoms with Gasteiger partial charge in [0.1, 0.15) is 5.69 Å². The highest BCUT2D eigenvalue weighted by molar-refractivity contribution is 9.10. The Hall–Kier alpha value is -1.55. The van der Waals surface area contributed by atoms with Gasteiger partial charge in [0.25, 0.3) is 0 Å². The summed E-state index contributed by atoms with van der Waals surface area (Å²) in [7, 11) is 0. The zero-order valence-corrected chi connectivity index (χ0v) is 12.6. The van der Waals surface area contributed by atoms with Crippen LogP contribution in [0.1, 0.15) is 35.9 Å². The summed E-state index contributed by atoms with van der Waals surface area (Å²) in [6.45, 7) is 4.24. The molecule has 1 aromatic heterocycles. The molecule has 0 fully saturated rings. The van der Waals surface area contributed by atoms with E-state index in [0.29, 0.717) is 12.3 Å². The Morgan fingerprint density at radius 1 is 1.37 bits per heavy atom. The van der Waals surface area contributed by atoms with E-state index in [1.165, 1.54) is 0 Å². The topological polar surface area (TPSA) is 31.2 Å². The second-order valence-corrected chi connectivity index (χ2v) is 5.17. The Labute approximate surface area is 121 Å². The van der Waals surface area contributed by atoms with Crippen LogP contribution in [0.25, 0.3) is 0 Å². The summed E-state index contributed by atoms with van der Waals surface area (Å²) < 4.78 is 7.89. The standard InChI is InChI=1S/C15H16BrNO2/c1-3-19-15(18)14-9-13(16)10-17(14)11(2)12-7-5-4-6-8-12/h4-11H,3H2,1-2H3. The van der Waals surface area contributed by atoms with E-state index in [0.717, 1.165) is 10.0 Å². The van der Waals surface area contributed by atoms with E-state index < -0.39 is 0 Å². The quantitative estimate of drug-likeness (QED) is 0.796. The molecule has 2 aromatic rings. The molecule has 0 aliphatic rings. The maximum Gasteiger partial charge on any atom is 0.354 e. The summed E-state index contributed by atoms with van der Waals surface area (Å²) >= 11 is 3.41. The van der Waals surface area contributed by atoms with Gasteiger partial charge in [-0.15, -0.1) is 0 Å². The highest BCUT2D eigenvalue weighted by atomic mass is 79.9. The van der Waals surface area contributed by atoms with Crippen LogP contribution in [0.15, 0.2) is 47.1 Å². The van der Waals surface area contributed by atoms with E-state index in [9.17, 15) is 4.79 Å². The van der Waals surface area contributed by atoms with Gasteiger partial charge >= 0.3 is 5.97 Å². The molecular formula is C15H16BrNO2. The van der Waals surface area contributed by atoms with Crippen molar-refractivity contribution < 1.29 is 9.53 Å². The third-order valence-electron chi connectivity index (χ3n) is 3.00. The lowest BCUT2D eigenvalue weighted by Gasteiger charge is -2.17. The second-order valence-electron chi connectivity index (χ2n) is 4.26. The second kappa shape index (κ2) is 6.06. The minimum absolute atomic E-state index is 0.0758. The molecule has 0 radical (unpaired) electrons. The van der Waals surface area contributed by atoms with E-state index in [1.54, 1.807) is 13.0 Å². The van der Waals surface area contributed by atoms with Crippen LogP contribution in [0.5, 0.6) is 0 Å². The zero-order valence-electron chi connectivity index (χ0n) is 11.0. The molecule has 100 valence electrons. The third-order valence-corrected chi connectivity index (χ3v) is 3.43. The van der Waals surface area contributed by atoms with Crippen LogP contribution in [0, 0.1) is 0 Å². The fourth-order valence-corrected chi connectivity index (χ4v) is 2.46. The van der Waals surface area contributed by atoms with Crippen molar-refractivity contribution in [2.75, 3.05) is 6.61 Å². The minimum atomic E-state index is -0.295. The molecule has 1 aromatic carbocycles. The first kappa shape index (κ1) is 13.9. The van der Waals surface area contributed by atoms with Crippen molar-refractivity contribution in [2.45, 2.75) is 19.9 Å². The van der Waals surface area contributed by atoms with E-state index in [2.05, 4.69) is 22.9 Å². The summed E-state index contributed by atoms with van der Waals surface area (Å²) in [5, 5.41) is 0. The van der Waals surface area contributed by atoms with Crippen molar-refractivity contribution in [1.29, 1.82) is 0 Å². The van der Waals surface area contributed by atoms with Crippen LogP contribution < -0.4 is 0 Å².